The van der Waals surface area contributed by atoms with Gasteiger partial charge in [0.1, 0.15) is 0 Å². The maximum atomic E-state index is 6.03. The third-order valence-electron chi connectivity index (χ3n) is 3.64. The van der Waals surface area contributed by atoms with Gasteiger partial charge in [0.05, 0.1) is 6.04 Å². The molecule has 5 nitrogen and oxygen atoms in total. The first kappa shape index (κ1) is 11.2. The summed E-state index contributed by atoms with van der Waals surface area (Å²) < 4.78 is 1.92. The van der Waals surface area contributed by atoms with E-state index < -0.39 is 0 Å². The van der Waals surface area contributed by atoms with Gasteiger partial charge in [-0.05, 0) is 48.2 Å². The second-order valence-electron chi connectivity index (χ2n) is 5.27. The molecule has 3 rings (SSSR count). The Balaban J connectivity index is 2.02. The molecule has 1 aliphatic rings. The summed E-state index contributed by atoms with van der Waals surface area (Å²) in [7, 11) is 0. The van der Waals surface area contributed by atoms with Crippen molar-refractivity contribution in [3.8, 4) is 11.4 Å². The molecule has 0 amide bonds. The van der Waals surface area contributed by atoms with E-state index in [1.54, 1.807) is 0 Å². The molecular weight excluding hydrogens is 226 g/mol. The quantitative estimate of drug-likeness (QED) is 0.821. The molecule has 0 atom stereocenters. The number of aryl methyl sites for hydroxylation is 1. The molecule has 0 bridgehead atoms. The Hall–Kier alpha value is -1.91. The Morgan fingerprint density at radius 1 is 1.33 bits per heavy atom. The van der Waals surface area contributed by atoms with Crippen molar-refractivity contribution >= 4 is 5.69 Å². The zero-order valence-electron chi connectivity index (χ0n) is 10.7. The van der Waals surface area contributed by atoms with Gasteiger partial charge in [0.2, 0.25) is 0 Å². The molecule has 1 aliphatic carbocycles. The average Bonchev–Trinajstić information content (AvgIpc) is 2.76. The summed E-state index contributed by atoms with van der Waals surface area (Å²) in [6.07, 6.45) is 2.29. The van der Waals surface area contributed by atoms with Crippen molar-refractivity contribution in [1.29, 1.82) is 0 Å². The summed E-state index contributed by atoms with van der Waals surface area (Å²) in [4.78, 5) is 0. The highest BCUT2D eigenvalue weighted by Crippen LogP contribution is 2.39. The van der Waals surface area contributed by atoms with E-state index in [0.29, 0.717) is 6.04 Å². The predicted octanol–water partition coefficient (Wildman–Crippen LogP) is 2.20. The topological polar surface area (TPSA) is 69.6 Å². The van der Waals surface area contributed by atoms with Crippen LogP contribution < -0.4 is 5.73 Å². The van der Waals surface area contributed by atoms with Crippen molar-refractivity contribution in [2.45, 2.75) is 32.7 Å². The van der Waals surface area contributed by atoms with Gasteiger partial charge in [-0.2, -0.15) is 0 Å². The Kier molecular flexibility index (Phi) is 2.54. The molecule has 0 spiro atoms. The van der Waals surface area contributed by atoms with Crippen LogP contribution in [0.15, 0.2) is 18.2 Å². The van der Waals surface area contributed by atoms with Crippen LogP contribution in [0.2, 0.25) is 0 Å². The SMILES string of the molecule is Cc1ccc(N)c(-c2nnnn2C2CC(C)C2)c1. The van der Waals surface area contributed by atoms with Gasteiger partial charge in [-0.25, -0.2) is 4.68 Å². The Bertz CT molecular complexity index is 569. The lowest BCUT2D eigenvalue weighted by atomic mass is 9.82. The Morgan fingerprint density at radius 2 is 2.11 bits per heavy atom. The van der Waals surface area contributed by atoms with E-state index in [-0.39, 0.29) is 0 Å². The van der Waals surface area contributed by atoms with Gasteiger partial charge >= 0.3 is 0 Å². The molecule has 18 heavy (non-hydrogen) atoms. The number of aromatic nitrogens is 4. The van der Waals surface area contributed by atoms with Crippen molar-refractivity contribution in [2.24, 2.45) is 5.92 Å². The van der Waals surface area contributed by atoms with Crippen LogP contribution in [0.5, 0.6) is 0 Å². The number of anilines is 1. The molecule has 2 N–H and O–H groups in total. The highest BCUT2D eigenvalue weighted by atomic mass is 15.6. The third kappa shape index (κ3) is 1.75. The Labute approximate surface area is 106 Å². The molecule has 0 saturated heterocycles. The van der Waals surface area contributed by atoms with Gasteiger partial charge in [-0.15, -0.1) is 5.10 Å². The molecule has 94 valence electrons. The fraction of sp³-hybridized carbons (Fsp3) is 0.462. The van der Waals surface area contributed by atoms with E-state index in [2.05, 4.69) is 22.4 Å². The number of rotatable bonds is 2. The molecular formula is C13H17N5. The lowest BCUT2D eigenvalue weighted by Crippen LogP contribution is -2.26. The largest absolute Gasteiger partial charge is 0.398 e. The van der Waals surface area contributed by atoms with Gasteiger partial charge in [0.25, 0.3) is 0 Å². The number of hydrogen-bond donors (Lipinski definition) is 1. The number of nitrogens with zero attached hydrogens (tertiary/aromatic N) is 4. The maximum Gasteiger partial charge on any atom is 0.184 e. The summed E-state index contributed by atoms with van der Waals surface area (Å²) in [5.41, 5.74) is 8.85. The fourth-order valence-corrected chi connectivity index (χ4v) is 2.54. The molecule has 1 aromatic carbocycles. The molecule has 0 unspecified atom stereocenters. The van der Waals surface area contributed by atoms with Crippen LogP contribution in [0.4, 0.5) is 5.69 Å². The lowest BCUT2D eigenvalue weighted by Gasteiger charge is -2.32. The van der Waals surface area contributed by atoms with Crippen molar-refractivity contribution < 1.29 is 0 Å². The van der Waals surface area contributed by atoms with Gasteiger partial charge in [-0.3, -0.25) is 0 Å². The molecule has 5 heteroatoms. The second-order valence-corrected chi connectivity index (χ2v) is 5.27. The molecule has 1 aromatic heterocycles. The minimum absolute atomic E-state index is 0.421. The second kappa shape index (κ2) is 4.08. The minimum atomic E-state index is 0.421. The van der Waals surface area contributed by atoms with E-state index in [0.717, 1.165) is 41.4 Å². The summed E-state index contributed by atoms with van der Waals surface area (Å²) in [5.74, 6) is 1.55. The molecule has 0 radical (unpaired) electrons. The zero-order chi connectivity index (χ0) is 12.7. The highest BCUT2D eigenvalue weighted by Gasteiger charge is 2.30. The van der Waals surface area contributed by atoms with Crippen molar-refractivity contribution in [3.05, 3.63) is 23.8 Å². The summed E-state index contributed by atoms with van der Waals surface area (Å²) in [5, 5.41) is 12.1. The summed E-state index contributed by atoms with van der Waals surface area (Å²) >= 11 is 0. The standard InChI is InChI=1S/C13H17N5/c1-8-3-4-12(14)11(7-8)13-15-16-17-18(13)10-5-9(2)6-10/h3-4,7,9-10H,5-6,14H2,1-2H3. The van der Waals surface area contributed by atoms with Crippen LogP contribution in [-0.2, 0) is 0 Å². The van der Waals surface area contributed by atoms with Crippen LogP contribution in [0.1, 0.15) is 31.4 Å². The van der Waals surface area contributed by atoms with Crippen LogP contribution >= 0.6 is 0 Å². The van der Waals surface area contributed by atoms with Crippen LogP contribution in [0.3, 0.4) is 0 Å². The molecule has 1 fully saturated rings. The van der Waals surface area contributed by atoms with Crippen molar-refractivity contribution in [1.82, 2.24) is 20.2 Å². The lowest BCUT2D eigenvalue weighted by molar-refractivity contribution is 0.199. The zero-order valence-corrected chi connectivity index (χ0v) is 10.7. The summed E-state index contributed by atoms with van der Waals surface area (Å²) in [6, 6.07) is 6.37. The first-order valence-electron chi connectivity index (χ1n) is 6.29. The van der Waals surface area contributed by atoms with E-state index in [1.165, 1.54) is 0 Å². The summed E-state index contributed by atoms with van der Waals surface area (Å²) in [6.45, 7) is 4.30. The number of hydrogen-bond acceptors (Lipinski definition) is 4. The molecule has 0 aliphatic heterocycles. The monoisotopic (exact) mass is 243 g/mol. The van der Waals surface area contributed by atoms with Gasteiger partial charge in [-0.1, -0.05) is 18.6 Å². The molecule has 2 aromatic rings. The van der Waals surface area contributed by atoms with Gasteiger partial charge < -0.3 is 5.73 Å². The first-order chi connectivity index (χ1) is 8.65. The van der Waals surface area contributed by atoms with Crippen LogP contribution in [0, 0.1) is 12.8 Å². The number of benzene rings is 1. The van der Waals surface area contributed by atoms with Crippen molar-refractivity contribution in [3.63, 3.8) is 0 Å². The van der Waals surface area contributed by atoms with E-state index >= 15 is 0 Å². The molecule has 1 heterocycles. The first-order valence-corrected chi connectivity index (χ1v) is 6.29. The van der Waals surface area contributed by atoms with Crippen LogP contribution in [0.25, 0.3) is 11.4 Å². The number of tetrazole rings is 1. The third-order valence-corrected chi connectivity index (χ3v) is 3.64. The fourth-order valence-electron chi connectivity index (χ4n) is 2.54. The minimum Gasteiger partial charge on any atom is -0.398 e. The van der Waals surface area contributed by atoms with Crippen molar-refractivity contribution in [2.75, 3.05) is 5.73 Å². The maximum absolute atomic E-state index is 6.03. The average molecular weight is 243 g/mol. The number of nitrogen functional groups attached to an aromatic ring is 1. The normalized spacial score (nSPS) is 22.8. The van der Waals surface area contributed by atoms with Gasteiger partial charge in [0, 0.05) is 11.3 Å². The smallest absolute Gasteiger partial charge is 0.184 e. The van der Waals surface area contributed by atoms with E-state index in [1.807, 2.05) is 29.8 Å². The van der Waals surface area contributed by atoms with Gasteiger partial charge in [0.15, 0.2) is 5.82 Å². The predicted molar refractivity (Wildman–Crippen MR) is 69.8 cm³/mol. The van der Waals surface area contributed by atoms with E-state index in [4.69, 9.17) is 5.73 Å². The highest BCUT2D eigenvalue weighted by molar-refractivity contribution is 5.72. The molecule has 1 saturated carbocycles. The number of nitrogens with two attached hydrogens (primary N) is 1. The Morgan fingerprint density at radius 3 is 2.83 bits per heavy atom. The van der Waals surface area contributed by atoms with E-state index in [9.17, 15) is 0 Å². The van der Waals surface area contributed by atoms with Crippen LogP contribution in [-0.4, -0.2) is 20.2 Å².